The highest BCUT2D eigenvalue weighted by Crippen LogP contribution is 2.31. The Kier molecular flexibility index (Phi) is 13.2. The van der Waals surface area contributed by atoms with Crippen LogP contribution in [0.1, 0.15) is 36.8 Å². The first-order valence-corrected chi connectivity index (χ1v) is 14.0. The third kappa shape index (κ3) is 9.99. The van der Waals surface area contributed by atoms with Gasteiger partial charge in [0.2, 0.25) is 0 Å². The average molecular weight is 577 g/mol. The summed E-state index contributed by atoms with van der Waals surface area (Å²) in [6.07, 6.45) is 14.6. The zero-order valence-electron chi connectivity index (χ0n) is 24.2. The molecule has 3 aromatic rings. The van der Waals surface area contributed by atoms with Crippen LogP contribution in [0.25, 0.3) is 12.2 Å². The van der Waals surface area contributed by atoms with E-state index in [0.29, 0.717) is 37.0 Å². The minimum absolute atomic E-state index is 0.00359. The maximum atomic E-state index is 11.2. The van der Waals surface area contributed by atoms with Crippen LogP contribution in [0.5, 0.6) is 5.75 Å². The van der Waals surface area contributed by atoms with Crippen LogP contribution in [-0.2, 0) is 9.59 Å². The van der Waals surface area contributed by atoms with Crippen molar-refractivity contribution in [1.82, 2.24) is 0 Å². The van der Waals surface area contributed by atoms with Gasteiger partial charge in [0.05, 0.1) is 18.2 Å². The lowest BCUT2D eigenvalue weighted by molar-refractivity contribution is -0.137. The zero-order chi connectivity index (χ0) is 30.9. The number of ether oxygens (including phenoxy) is 1. The number of carboxylic acids is 1. The van der Waals surface area contributed by atoms with Gasteiger partial charge in [0.1, 0.15) is 11.8 Å². The van der Waals surface area contributed by atoms with Crippen molar-refractivity contribution in [3.05, 3.63) is 125 Å². The molecule has 0 saturated heterocycles. The predicted octanol–water partition coefficient (Wildman–Crippen LogP) is 7.14. The van der Waals surface area contributed by atoms with Gasteiger partial charge < -0.3 is 19.8 Å². The number of benzene rings is 3. The summed E-state index contributed by atoms with van der Waals surface area (Å²) >= 11 is 0. The second kappa shape index (κ2) is 17.6. The van der Waals surface area contributed by atoms with Crippen molar-refractivity contribution in [1.29, 1.82) is 5.26 Å². The van der Waals surface area contributed by atoms with Crippen molar-refractivity contribution in [3.8, 4) is 11.8 Å². The van der Waals surface area contributed by atoms with Crippen LogP contribution in [0.3, 0.4) is 0 Å². The molecule has 4 rings (SSSR count). The Labute approximate surface area is 253 Å². The first-order chi connectivity index (χ1) is 21.1. The number of nitriles is 1. The smallest absolute Gasteiger partial charge is 0.303 e. The molecule has 220 valence electrons. The van der Waals surface area contributed by atoms with Gasteiger partial charge in [-0.05, 0) is 66.8 Å². The van der Waals surface area contributed by atoms with E-state index in [1.807, 2.05) is 42.5 Å². The number of carbonyl (C=O) groups is 2. The summed E-state index contributed by atoms with van der Waals surface area (Å²) in [6, 6.07) is 28.4. The number of aliphatic carboxylic acids is 1. The monoisotopic (exact) mass is 576 g/mol. The van der Waals surface area contributed by atoms with Gasteiger partial charge in [-0.15, -0.1) is 0 Å². The number of para-hydroxylation sites is 2. The van der Waals surface area contributed by atoms with E-state index >= 15 is 0 Å². The highest BCUT2D eigenvalue weighted by atomic mass is 16.5. The molecule has 0 radical (unpaired) electrons. The lowest BCUT2D eigenvalue weighted by atomic mass is 9.99. The van der Waals surface area contributed by atoms with Crippen molar-refractivity contribution >= 4 is 35.8 Å². The highest BCUT2D eigenvalue weighted by Gasteiger charge is 2.19. The van der Waals surface area contributed by atoms with Gasteiger partial charge in [-0.3, -0.25) is 9.59 Å². The summed E-state index contributed by atoms with van der Waals surface area (Å²) in [5.41, 5.74) is 4.88. The Balaban J connectivity index is 0.00000248. The van der Waals surface area contributed by atoms with E-state index < -0.39 is 5.97 Å². The fourth-order valence-corrected chi connectivity index (χ4v) is 4.56. The SMILES string of the molecule is CO.N#C/C(C=O)=C\c1ccc(/C=C/C2=CCC(N(c3ccccc3)c3ccccc3)C=C2)cc1OCCCCC(=O)O. The minimum Gasteiger partial charge on any atom is -0.493 e. The summed E-state index contributed by atoms with van der Waals surface area (Å²) in [4.78, 5) is 24.3. The van der Waals surface area contributed by atoms with E-state index in [4.69, 9.17) is 20.2 Å². The number of aliphatic hydroxyl groups is 1. The molecule has 1 unspecified atom stereocenters. The van der Waals surface area contributed by atoms with E-state index in [2.05, 4.69) is 77.7 Å². The minimum atomic E-state index is -0.837. The number of aliphatic hydroxyl groups excluding tert-OH is 1. The third-order valence-corrected chi connectivity index (χ3v) is 6.62. The number of carboxylic acid groups (broad SMARTS) is 1. The van der Waals surface area contributed by atoms with E-state index in [1.165, 1.54) is 6.08 Å². The van der Waals surface area contributed by atoms with Gasteiger partial charge in [-0.2, -0.15) is 5.26 Å². The molecule has 0 aromatic heterocycles. The molecule has 7 heteroatoms. The van der Waals surface area contributed by atoms with Crippen molar-refractivity contribution in [2.24, 2.45) is 0 Å². The number of aldehydes is 1. The Morgan fingerprint density at radius 1 is 1.00 bits per heavy atom. The number of allylic oxidation sites excluding steroid dienone is 4. The molecule has 3 aromatic carbocycles. The van der Waals surface area contributed by atoms with E-state index in [0.717, 1.165) is 36.0 Å². The summed E-state index contributed by atoms with van der Waals surface area (Å²) in [5, 5.41) is 25.0. The van der Waals surface area contributed by atoms with Crippen LogP contribution in [0.2, 0.25) is 0 Å². The lowest BCUT2D eigenvalue weighted by Crippen LogP contribution is -2.30. The molecule has 0 fully saturated rings. The largest absolute Gasteiger partial charge is 0.493 e. The molecule has 0 bridgehead atoms. The van der Waals surface area contributed by atoms with Crippen molar-refractivity contribution in [2.45, 2.75) is 31.7 Å². The molecule has 43 heavy (non-hydrogen) atoms. The molecular weight excluding hydrogens is 540 g/mol. The van der Waals surface area contributed by atoms with Gasteiger partial charge in [0.15, 0.2) is 6.29 Å². The lowest BCUT2D eigenvalue weighted by Gasteiger charge is -2.33. The Morgan fingerprint density at radius 2 is 1.67 bits per heavy atom. The molecule has 0 aliphatic heterocycles. The number of nitrogens with zero attached hydrogens (tertiary/aromatic N) is 2. The van der Waals surface area contributed by atoms with Gasteiger partial charge in [0.25, 0.3) is 0 Å². The number of carbonyl (C=O) groups excluding carboxylic acids is 1. The molecular formula is C36H36N2O5. The zero-order valence-corrected chi connectivity index (χ0v) is 24.2. The van der Waals surface area contributed by atoms with Gasteiger partial charge in [-0.1, -0.05) is 78.9 Å². The van der Waals surface area contributed by atoms with E-state index in [-0.39, 0.29) is 18.0 Å². The summed E-state index contributed by atoms with van der Waals surface area (Å²) in [6.45, 7) is 0.332. The predicted molar refractivity (Wildman–Crippen MR) is 171 cm³/mol. The molecule has 0 amide bonds. The molecule has 0 saturated carbocycles. The van der Waals surface area contributed by atoms with Crippen LogP contribution < -0.4 is 9.64 Å². The van der Waals surface area contributed by atoms with E-state index in [1.54, 1.807) is 0 Å². The second-order valence-electron chi connectivity index (χ2n) is 9.57. The molecule has 1 aliphatic rings. The quantitative estimate of drug-likeness (QED) is 0.0963. The number of anilines is 2. The van der Waals surface area contributed by atoms with Crippen molar-refractivity contribution < 1.29 is 24.5 Å². The van der Waals surface area contributed by atoms with Crippen LogP contribution in [0.15, 0.2) is 114 Å². The van der Waals surface area contributed by atoms with Crippen LogP contribution in [0, 0.1) is 11.3 Å². The number of hydrogen-bond donors (Lipinski definition) is 2. The fraction of sp³-hybridized carbons (Fsp3) is 0.194. The highest BCUT2D eigenvalue weighted by molar-refractivity contribution is 5.87. The Morgan fingerprint density at radius 3 is 2.23 bits per heavy atom. The van der Waals surface area contributed by atoms with Crippen LogP contribution >= 0.6 is 0 Å². The Hall–Kier alpha value is -5.19. The first kappa shape index (κ1) is 32.3. The average Bonchev–Trinajstić information content (AvgIpc) is 3.05. The maximum absolute atomic E-state index is 11.2. The van der Waals surface area contributed by atoms with Gasteiger partial charge >= 0.3 is 5.97 Å². The van der Waals surface area contributed by atoms with Crippen molar-refractivity contribution in [3.63, 3.8) is 0 Å². The molecule has 1 atom stereocenters. The normalized spacial score (nSPS) is 14.2. The second-order valence-corrected chi connectivity index (χ2v) is 9.57. The molecule has 0 spiro atoms. The summed E-state index contributed by atoms with van der Waals surface area (Å²) < 4.78 is 5.93. The van der Waals surface area contributed by atoms with Crippen LogP contribution in [-0.4, -0.2) is 42.2 Å². The molecule has 2 N–H and O–H groups in total. The van der Waals surface area contributed by atoms with Gasteiger partial charge in [0, 0.05) is 30.5 Å². The van der Waals surface area contributed by atoms with E-state index in [9.17, 15) is 9.59 Å². The number of rotatable bonds is 13. The summed E-state index contributed by atoms with van der Waals surface area (Å²) in [5.74, 6) is -0.303. The van der Waals surface area contributed by atoms with Gasteiger partial charge in [-0.25, -0.2) is 0 Å². The maximum Gasteiger partial charge on any atom is 0.303 e. The molecule has 7 nitrogen and oxygen atoms in total. The fourth-order valence-electron chi connectivity index (χ4n) is 4.56. The number of hydrogen-bond acceptors (Lipinski definition) is 6. The van der Waals surface area contributed by atoms with Crippen molar-refractivity contribution in [2.75, 3.05) is 18.6 Å². The van der Waals surface area contributed by atoms with Crippen LogP contribution in [0.4, 0.5) is 11.4 Å². The summed E-state index contributed by atoms with van der Waals surface area (Å²) in [7, 11) is 1.00. The molecule has 0 heterocycles. The first-order valence-electron chi connectivity index (χ1n) is 14.0. The topological polar surface area (TPSA) is 111 Å². The number of unbranched alkanes of at least 4 members (excludes halogenated alkanes) is 1. The Bertz CT molecular complexity index is 1460. The standard InChI is InChI=1S/C35H32N2O4.CH4O/c36-25-29(26-38)23-30-19-16-28(24-34(30)41-22-8-7-13-35(39)40)15-14-27-17-20-33(21-18-27)37(31-9-3-1-4-10-31)32-11-5-2-6-12-32;1-2/h1-6,9-12,14-20,23-24,26,33H,7-8,13,21-22H2,(H,39,40);2H,1H3/b15-14+,29-23+;. The third-order valence-electron chi connectivity index (χ3n) is 6.62. The molecule has 1 aliphatic carbocycles.